The summed E-state index contributed by atoms with van der Waals surface area (Å²) in [5.41, 5.74) is 3.76. The second-order valence-corrected chi connectivity index (χ2v) is 4.88. The van der Waals surface area contributed by atoms with Crippen LogP contribution in [0.5, 0.6) is 0 Å². The van der Waals surface area contributed by atoms with Gasteiger partial charge in [0.15, 0.2) is 0 Å². The molecule has 0 aliphatic heterocycles. The van der Waals surface area contributed by atoms with Gasteiger partial charge in [-0.05, 0) is 49.0 Å². The highest BCUT2D eigenvalue weighted by Gasteiger charge is 2.00. The predicted molar refractivity (Wildman–Crippen MR) is 74.3 cm³/mol. The standard InChI is InChI=1S/C15H16ClN/c1-17(2)11-12-4-3-5-14(10-12)13-6-8-15(16)9-7-13/h3-10H,11H2,1-2H3. The van der Waals surface area contributed by atoms with Crippen LogP contribution in [0.4, 0.5) is 0 Å². The summed E-state index contributed by atoms with van der Waals surface area (Å²) in [5, 5.41) is 0.776. The summed E-state index contributed by atoms with van der Waals surface area (Å²) >= 11 is 5.89. The maximum absolute atomic E-state index is 5.89. The molecule has 17 heavy (non-hydrogen) atoms. The van der Waals surface area contributed by atoms with Crippen LogP contribution in [0, 0.1) is 0 Å². The van der Waals surface area contributed by atoms with E-state index in [1.54, 1.807) is 0 Å². The van der Waals surface area contributed by atoms with E-state index < -0.39 is 0 Å². The molecule has 0 fully saturated rings. The van der Waals surface area contributed by atoms with Crippen molar-refractivity contribution in [3.05, 3.63) is 59.1 Å². The molecule has 0 aromatic heterocycles. The van der Waals surface area contributed by atoms with E-state index in [-0.39, 0.29) is 0 Å². The fourth-order valence-electron chi connectivity index (χ4n) is 1.86. The summed E-state index contributed by atoms with van der Waals surface area (Å²) in [4.78, 5) is 2.17. The molecule has 0 radical (unpaired) electrons. The average molecular weight is 246 g/mol. The van der Waals surface area contributed by atoms with Crippen LogP contribution in [-0.4, -0.2) is 19.0 Å². The van der Waals surface area contributed by atoms with Gasteiger partial charge >= 0.3 is 0 Å². The van der Waals surface area contributed by atoms with E-state index >= 15 is 0 Å². The molecule has 0 unspecified atom stereocenters. The van der Waals surface area contributed by atoms with Crippen LogP contribution in [-0.2, 0) is 6.54 Å². The van der Waals surface area contributed by atoms with Gasteiger partial charge in [-0.3, -0.25) is 0 Å². The lowest BCUT2D eigenvalue weighted by Crippen LogP contribution is -2.10. The van der Waals surface area contributed by atoms with E-state index in [1.807, 2.05) is 12.1 Å². The van der Waals surface area contributed by atoms with Crippen LogP contribution in [0.2, 0.25) is 5.02 Å². The van der Waals surface area contributed by atoms with Crippen molar-refractivity contribution in [2.24, 2.45) is 0 Å². The lowest BCUT2D eigenvalue weighted by atomic mass is 10.0. The number of rotatable bonds is 3. The van der Waals surface area contributed by atoms with E-state index in [4.69, 9.17) is 11.6 Å². The highest BCUT2D eigenvalue weighted by molar-refractivity contribution is 6.30. The van der Waals surface area contributed by atoms with Crippen molar-refractivity contribution in [2.45, 2.75) is 6.54 Å². The van der Waals surface area contributed by atoms with Gasteiger partial charge < -0.3 is 4.90 Å². The molecule has 88 valence electrons. The fraction of sp³-hybridized carbons (Fsp3) is 0.200. The van der Waals surface area contributed by atoms with Gasteiger partial charge in [0.05, 0.1) is 0 Å². The molecule has 0 N–H and O–H groups in total. The summed E-state index contributed by atoms with van der Waals surface area (Å²) in [5.74, 6) is 0. The van der Waals surface area contributed by atoms with Crippen molar-refractivity contribution in [2.75, 3.05) is 14.1 Å². The number of hydrogen-bond acceptors (Lipinski definition) is 1. The molecule has 0 atom stereocenters. The van der Waals surface area contributed by atoms with Gasteiger partial charge in [-0.2, -0.15) is 0 Å². The molecule has 2 aromatic carbocycles. The summed E-state index contributed by atoms with van der Waals surface area (Å²) < 4.78 is 0. The lowest BCUT2D eigenvalue weighted by molar-refractivity contribution is 0.402. The summed E-state index contributed by atoms with van der Waals surface area (Å²) in [6.07, 6.45) is 0. The Bertz CT molecular complexity index is 489. The topological polar surface area (TPSA) is 3.24 Å². The maximum Gasteiger partial charge on any atom is 0.0406 e. The summed E-state index contributed by atoms with van der Waals surface area (Å²) in [6.45, 7) is 0.960. The Morgan fingerprint density at radius 3 is 2.29 bits per heavy atom. The summed E-state index contributed by atoms with van der Waals surface area (Å²) in [6, 6.07) is 16.6. The fourth-order valence-corrected chi connectivity index (χ4v) is 1.98. The molecule has 2 aromatic rings. The first kappa shape index (κ1) is 12.2. The second kappa shape index (κ2) is 5.35. The molecular formula is C15H16ClN. The number of halogens is 1. The normalized spacial score (nSPS) is 10.8. The monoisotopic (exact) mass is 245 g/mol. The van der Waals surface area contributed by atoms with Crippen molar-refractivity contribution in [3.63, 3.8) is 0 Å². The van der Waals surface area contributed by atoms with Crippen molar-refractivity contribution < 1.29 is 0 Å². The predicted octanol–water partition coefficient (Wildman–Crippen LogP) is 4.07. The van der Waals surface area contributed by atoms with Gasteiger partial charge in [-0.15, -0.1) is 0 Å². The second-order valence-electron chi connectivity index (χ2n) is 4.45. The molecule has 0 bridgehead atoms. The molecule has 0 saturated carbocycles. The minimum absolute atomic E-state index is 0.776. The highest BCUT2D eigenvalue weighted by atomic mass is 35.5. The molecule has 0 saturated heterocycles. The molecule has 2 rings (SSSR count). The van der Waals surface area contributed by atoms with Crippen molar-refractivity contribution in [1.82, 2.24) is 4.90 Å². The lowest BCUT2D eigenvalue weighted by Gasteiger charge is -2.11. The summed E-state index contributed by atoms with van der Waals surface area (Å²) in [7, 11) is 4.16. The largest absolute Gasteiger partial charge is 0.305 e. The highest BCUT2D eigenvalue weighted by Crippen LogP contribution is 2.22. The minimum atomic E-state index is 0.776. The van der Waals surface area contributed by atoms with Crippen LogP contribution < -0.4 is 0 Å². The van der Waals surface area contributed by atoms with Crippen molar-refractivity contribution >= 4 is 11.6 Å². The van der Waals surface area contributed by atoms with Crippen LogP contribution in [0.1, 0.15) is 5.56 Å². The number of benzene rings is 2. The van der Waals surface area contributed by atoms with Gasteiger partial charge in [-0.1, -0.05) is 41.9 Å². The van der Waals surface area contributed by atoms with Crippen LogP contribution >= 0.6 is 11.6 Å². The first-order chi connectivity index (χ1) is 8.15. The molecule has 0 spiro atoms. The Labute approximate surface area is 108 Å². The maximum atomic E-state index is 5.89. The Morgan fingerprint density at radius 2 is 1.65 bits per heavy atom. The molecule has 0 aliphatic rings. The number of hydrogen-bond donors (Lipinski definition) is 0. The molecule has 0 amide bonds. The van der Waals surface area contributed by atoms with Gasteiger partial charge in [0.2, 0.25) is 0 Å². The smallest absolute Gasteiger partial charge is 0.0406 e. The zero-order valence-electron chi connectivity index (χ0n) is 10.2. The first-order valence-electron chi connectivity index (χ1n) is 5.65. The molecule has 0 heterocycles. The zero-order valence-corrected chi connectivity index (χ0v) is 10.9. The Morgan fingerprint density at radius 1 is 0.941 bits per heavy atom. The average Bonchev–Trinajstić information content (AvgIpc) is 2.29. The first-order valence-corrected chi connectivity index (χ1v) is 6.02. The Kier molecular flexibility index (Phi) is 3.82. The van der Waals surface area contributed by atoms with E-state index in [0.29, 0.717) is 0 Å². The van der Waals surface area contributed by atoms with Crippen LogP contribution in [0.25, 0.3) is 11.1 Å². The van der Waals surface area contributed by atoms with E-state index in [9.17, 15) is 0 Å². The minimum Gasteiger partial charge on any atom is -0.305 e. The van der Waals surface area contributed by atoms with Gasteiger partial charge in [0.25, 0.3) is 0 Å². The molecule has 2 heteroatoms. The third-order valence-corrected chi connectivity index (χ3v) is 2.86. The van der Waals surface area contributed by atoms with Crippen LogP contribution in [0.15, 0.2) is 48.5 Å². The van der Waals surface area contributed by atoms with Crippen LogP contribution in [0.3, 0.4) is 0 Å². The molecular weight excluding hydrogens is 230 g/mol. The quantitative estimate of drug-likeness (QED) is 0.788. The van der Waals surface area contributed by atoms with Crippen molar-refractivity contribution in [1.29, 1.82) is 0 Å². The van der Waals surface area contributed by atoms with Gasteiger partial charge in [-0.25, -0.2) is 0 Å². The Balaban J connectivity index is 2.29. The third-order valence-electron chi connectivity index (χ3n) is 2.60. The van der Waals surface area contributed by atoms with E-state index in [1.165, 1.54) is 16.7 Å². The van der Waals surface area contributed by atoms with Gasteiger partial charge in [0, 0.05) is 11.6 Å². The van der Waals surface area contributed by atoms with Crippen molar-refractivity contribution in [3.8, 4) is 11.1 Å². The number of nitrogens with zero attached hydrogens (tertiary/aromatic N) is 1. The van der Waals surface area contributed by atoms with E-state index in [2.05, 4.69) is 55.4 Å². The third kappa shape index (κ3) is 3.32. The Hall–Kier alpha value is -1.31. The molecule has 1 nitrogen and oxygen atoms in total. The zero-order chi connectivity index (χ0) is 12.3. The van der Waals surface area contributed by atoms with E-state index in [0.717, 1.165) is 11.6 Å². The molecule has 0 aliphatic carbocycles. The SMILES string of the molecule is CN(C)Cc1cccc(-c2ccc(Cl)cc2)c1. The van der Waals surface area contributed by atoms with Gasteiger partial charge in [0.1, 0.15) is 0 Å².